The van der Waals surface area contributed by atoms with Crippen molar-refractivity contribution in [1.82, 2.24) is 19.7 Å². The lowest BCUT2D eigenvalue weighted by Gasteiger charge is -2.00. The van der Waals surface area contributed by atoms with Crippen LogP contribution < -0.4 is 5.73 Å². The van der Waals surface area contributed by atoms with Gasteiger partial charge >= 0.3 is 0 Å². The number of aromatic nitrogens is 4. The summed E-state index contributed by atoms with van der Waals surface area (Å²) >= 11 is 0. The van der Waals surface area contributed by atoms with Gasteiger partial charge in [0.2, 0.25) is 0 Å². The van der Waals surface area contributed by atoms with E-state index in [1.54, 1.807) is 18.6 Å². The van der Waals surface area contributed by atoms with Crippen LogP contribution in [0.25, 0.3) is 0 Å². The first kappa shape index (κ1) is 9.79. The molecule has 2 aromatic heterocycles. The van der Waals surface area contributed by atoms with Crippen LogP contribution in [0, 0.1) is 6.92 Å². The molecule has 0 radical (unpaired) electrons. The molecule has 0 unspecified atom stereocenters. The van der Waals surface area contributed by atoms with E-state index in [0.717, 1.165) is 17.0 Å². The first-order valence-corrected chi connectivity index (χ1v) is 4.77. The number of nitrogens with two attached hydrogens (primary N) is 1. The van der Waals surface area contributed by atoms with Gasteiger partial charge in [0.25, 0.3) is 0 Å². The van der Waals surface area contributed by atoms with E-state index >= 15 is 0 Å². The molecular formula is C10H13N5. The van der Waals surface area contributed by atoms with E-state index in [2.05, 4.69) is 15.1 Å². The van der Waals surface area contributed by atoms with E-state index in [9.17, 15) is 0 Å². The number of aryl methyl sites for hydroxylation is 1. The summed E-state index contributed by atoms with van der Waals surface area (Å²) in [6.07, 6.45) is 7.20. The van der Waals surface area contributed by atoms with Gasteiger partial charge in [-0.3, -0.25) is 14.6 Å². The molecular weight excluding hydrogens is 190 g/mol. The summed E-state index contributed by atoms with van der Waals surface area (Å²) in [6.45, 7) is 3.06. The number of rotatable bonds is 3. The third-order valence-electron chi connectivity index (χ3n) is 2.08. The maximum atomic E-state index is 5.50. The van der Waals surface area contributed by atoms with E-state index in [1.807, 2.05) is 17.8 Å². The Hall–Kier alpha value is -1.75. The number of nitrogens with zero attached hydrogens (tertiary/aromatic N) is 4. The SMILES string of the molecule is Cc1cnc(Cn2cc(CN)cn2)cn1. The molecule has 5 nitrogen and oxygen atoms in total. The monoisotopic (exact) mass is 203 g/mol. The maximum absolute atomic E-state index is 5.50. The van der Waals surface area contributed by atoms with Crippen molar-refractivity contribution in [3.63, 3.8) is 0 Å². The molecule has 2 heterocycles. The van der Waals surface area contributed by atoms with Crippen molar-refractivity contribution >= 4 is 0 Å². The summed E-state index contributed by atoms with van der Waals surface area (Å²) in [7, 11) is 0. The molecule has 15 heavy (non-hydrogen) atoms. The van der Waals surface area contributed by atoms with Gasteiger partial charge in [0.1, 0.15) is 0 Å². The Labute approximate surface area is 88.0 Å². The van der Waals surface area contributed by atoms with Crippen LogP contribution in [0.3, 0.4) is 0 Å². The Balaban J connectivity index is 2.11. The average molecular weight is 203 g/mol. The van der Waals surface area contributed by atoms with E-state index in [1.165, 1.54) is 0 Å². The summed E-state index contributed by atoms with van der Waals surface area (Å²) in [5.41, 5.74) is 8.33. The number of hydrogen-bond donors (Lipinski definition) is 1. The Kier molecular flexibility index (Phi) is 2.73. The van der Waals surface area contributed by atoms with Gasteiger partial charge in [-0.05, 0) is 6.92 Å². The van der Waals surface area contributed by atoms with Gasteiger partial charge in [0.05, 0.1) is 30.3 Å². The Morgan fingerprint density at radius 1 is 1.27 bits per heavy atom. The van der Waals surface area contributed by atoms with E-state index < -0.39 is 0 Å². The fourth-order valence-electron chi connectivity index (χ4n) is 1.27. The van der Waals surface area contributed by atoms with Crippen LogP contribution in [0.2, 0.25) is 0 Å². The van der Waals surface area contributed by atoms with Crippen LogP contribution in [0.5, 0.6) is 0 Å². The maximum Gasteiger partial charge on any atom is 0.0847 e. The fraction of sp³-hybridized carbons (Fsp3) is 0.300. The first-order chi connectivity index (χ1) is 7.28. The first-order valence-electron chi connectivity index (χ1n) is 4.77. The van der Waals surface area contributed by atoms with Gasteiger partial charge in [-0.25, -0.2) is 0 Å². The lowest BCUT2D eigenvalue weighted by atomic mass is 10.4. The van der Waals surface area contributed by atoms with Gasteiger partial charge in [0, 0.05) is 24.5 Å². The van der Waals surface area contributed by atoms with Gasteiger partial charge in [0.15, 0.2) is 0 Å². The van der Waals surface area contributed by atoms with Crippen LogP contribution in [-0.4, -0.2) is 19.7 Å². The molecule has 0 aliphatic carbocycles. The molecule has 0 aliphatic rings. The molecule has 0 aromatic carbocycles. The van der Waals surface area contributed by atoms with Crippen molar-refractivity contribution in [2.75, 3.05) is 0 Å². The van der Waals surface area contributed by atoms with E-state index in [0.29, 0.717) is 13.1 Å². The largest absolute Gasteiger partial charge is 0.326 e. The Morgan fingerprint density at radius 2 is 2.13 bits per heavy atom. The van der Waals surface area contributed by atoms with Gasteiger partial charge in [-0.15, -0.1) is 0 Å². The second kappa shape index (κ2) is 4.18. The predicted octanol–water partition coefficient (Wildman–Crippen LogP) is 0.489. The molecule has 0 saturated carbocycles. The average Bonchev–Trinajstić information content (AvgIpc) is 2.69. The smallest absolute Gasteiger partial charge is 0.0847 e. The Morgan fingerprint density at radius 3 is 2.73 bits per heavy atom. The van der Waals surface area contributed by atoms with Gasteiger partial charge in [-0.2, -0.15) is 5.10 Å². The van der Waals surface area contributed by atoms with Gasteiger partial charge < -0.3 is 5.73 Å². The topological polar surface area (TPSA) is 69.6 Å². The third-order valence-corrected chi connectivity index (χ3v) is 2.08. The second-order valence-electron chi connectivity index (χ2n) is 3.40. The minimum absolute atomic E-state index is 0.513. The Bertz CT molecular complexity index is 431. The summed E-state index contributed by atoms with van der Waals surface area (Å²) in [4.78, 5) is 8.43. The summed E-state index contributed by atoms with van der Waals surface area (Å²) in [5, 5.41) is 4.17. The molecule has 0 bridgehead atoms. The van der Waals surface area contributed by atoms with Crippen molar-refractivity contribution in [3.8, 4) is 0 Å². The van der Waals surface area contributed by atoms with Crippen molar-refractivity contribution < 1.29 is 0 Å². The summed E-state index contributed by atoms with van der Waals surface area (Å²) in [6, 6.07) is 0. The van der Waals surface area contributed by atoms with Crippen molar-refractivity contribution in [3.05, 3.63) is 41.7 Å². The van der Waals surface area contributed by atoms with Crippen molar-refractivity contribution in [2.45, 2.75) is 20.0 Å². The zero-order chi connectivity index (χ0) is 10.7. The molecule has 0 spiro atoms. The van der Waals surface area contributed by atoms with Crippen LogP contribution in [-0.2, 0) is 13.1 Å². The second-order valence-corrected chi connectivity index (χ2v) is 3.40. The highest BCUT2D eigenvalue weighted by atomic mass is 15.3. The molecule has 78 valence electrons. The standard InChI is InChI=1S/C10H13N5/c1-8-3-13-10(5-12-8)7-15-6-9(2-11)4-14-15/h3-6H,2,7,11H2,1H3. The van der Waals surface area contributed by atoms with Crippen LogP contribution in [0.1, 0.15) is 17.0 Å². The van der Waals surface area contributed by atoms with Crippen LogP contribution in [0.4, 0.5) is 0 Å². The molecule has 0 aliphatic heterocycles. The highest BCUT2D eigenvalue weighted by molar-refractivity contribution is 5.05. The predicted molar refractivity (Wildman–Crippen MR) is 56.0 cm³/mol. The minimum atomic E-state index is 0.513. The molecule has 0 amide bonds. The van der Waals surface area contributed by atoms with Crippen molar-refractivity contribution in [1.29, 1.82) is 0 Å². The normalized spacial score (nSPS) is 10.5. The molecule has 2 N–H and O–H groups in total. The number of hydrogen-bond acceptors (Lipinski definition) is 4. The molecule has 0 saturated heterocycles. The molecule has 2 rings (SSSR count). The lowest BCUT2D eigenvalue weighted by Crippen LogP contribution is -2.03. The molecule has 5 heteroatoms. The van der Waals surface area contributed by atoms with Gasteiger partial charge in [-0.1, -0.05) is 0 Å². The molecule has 0 fully saturated rings. The molecule has 0 atom stereocenters. The van der Waals surface area contributed by atoms with Crippen LogP contribution in [0.15, 0.2) is 24.8 Å². The highest BCUT2D eigenvalue weighted by Gasteiger charge is 1.99. The molecule has 2 aromatic rings. The third kappa shape index (κ3) is 2.38. The summed E-state index contributed by atoms with van der Waals surface area (Å²) < 4.78 is 1.81. The van der Waals surface area contributed by atoms with E-state index in [4.69, 9.17) is 5.73 Å². The van der Waals surface area contributed by atoms with Crippen LogP contribution >= 0.6 is 0 Å². The van der Waals surface area contributed by atoms with Crippen molar-refractivity contribution in [2.24, 2.45) is 5.73 Å². The highest BCUT2D eigenvalue weighted by Crippen LogP contribution is 2.00. The minimum Gasteiger partial charge on any atom is -0.326 e. The fourth-order valence-corrected chi connectivity index (χ4v) is 1.27. The lowest BCUT2D eigenvalue weighted by molar-refractivity contribution is 0.668. The summed E-state index contributed by atoms with van der Waals surface area (Å²) in [5.74, 6) is 0. The zero-order valence-corrected chi connectivity index (χ0v) is 8.59. The van der Waals surface area contributed by atoms with E-state index in [-0.39, 0.29) is 0 Å². The quantitative estimate of drug-likeness (QED) is 0.788. The zero-order valence-electron chi connectivity index (χ0n) is 8.59.